The molecule has 0 saturated carbocycles. The van der Waals surface area contributed by atoms with Gasteiger partial charge >= 0.3 is 0 Å². The molecule has 0 heterocycles. The Labute approximate surface area is 97.4 Å². The van der Waals surface area contributed by atoms with Gasteiger partial charge in [-0.25, -0.2) is 0 Å². The molecule has 0 aliphatic carbocycles. The van der Waals surface area contributed by atoms with E-state index in [0.717, 1.165) is 17.9 Å². The Morgan fingerprint density at radius 3 is 2.69 bits per heavy atom. The second kappa shape index (κ2) is 5.87. The topological polar surface area (TPSA) is 41.5 Å². The lowest BCUT2D eigenvalue weighted by Crippen LogP contribution is -2.38. The van der Waals surface area contributed by atoms with Gasteiger partial charge in [0.2, 0.25) is 0 Å². The Bertz CT molecular complexity index is 318. The molecular formula is C13H21NO2. The molecule has 0 radical (unpaired) electrons. The molecule has 0 fully saturated rings. The van der Waals surface area contributed by atoms with E-state index >= 15 is 0 Å². The highest BCUT2D eigenvalue weighted by Crippen LogP contribution is 2.12. The maximum atomic E-state index is 8.97. The third-order valence-electron chi connectivity index (χ3n) is 2.11. The van der Waals surface area contributed by atoms with Crippen molar-refractivity contribution in [3.63, 3.8) is 0 Å². The van der Waals surface area contributed by atoms with Crippen LogP contribution in [0.5, 0.6) is 5.75 Å². The molecule has 0 atom stereocenters. The fourth-order valence-electron chi connectivity index (χ4n) is 1.33. The van der Waals surface area contributed by atoms with E-state index in [9.17, 15) is 0 Å². The molecule has 1 rings (SSSR count). The van der Waals surface area contributed by atoms with Gasteiger partial charge in [0.05, 0.1) is 6.61 Å². The van der Waals surface area contributed by atoms with Crippen LogP contribution in [0.3, 0.4) is 0 Å². The molecule has 3 heteroatoms. The van der Waals surface area contributed by atoms with E-state index in [0.29, 0.717) is 6.61 Å². The molecule has 0 amide bonds. The summed E-state index contributed by atoms with van der Waals surface area (Å²) >= 11 is 0. The highest BCUT2D eigenvalue weighted by atomic mass is 16.5. The summed E-state index contributed by atoms with van der Waals surface area (Å²) in [6.45, 7) is 7.87. The van der Waals surface area contributed by atoms with Crippen LogP contribution in [0.25, 0.3) is 0 Å². The molecule has 16 heavy (non-hydrogen) atoms. The molecule has 90 valence electrons. The summed E-state index contributed by atoms with van der Waals surface area (Å²) in [4.78, 5) is 0. The lowest BCUT2D eigenvalue weighted by molar-refractivity contribution is 0.276. The maximum Gasteiger partial charge on any atom is 0.119 e. The van der Waals surface area contributed by atoms with Crippen molar-refractivity contribution < 1.29 is 9.84 Å². The molecule has 1 aromatic carbocycles. The van der Waals surface area contributed by atoms with E-state index in [4.69, 9.17) is 9.84 Å². The van der Waals surface area contributed by atoms with Gasteiger partial charge in [-0.2, -0.15) is 0 Å². The zero-order chi connectivity index (χ0) is 12.0. The average molecular weight is 223 g/mol. The molecule has 3 nitrogen and oxygen atoms in total. The van der Waals surface area contributed by atoms with Crippen molar-refractivity contribution >= 4 is 0 Å². The van der Waals surface area contributed by atoms with Crippen LogP contribution in [0.1, 0.15) is 26.3 Å². The molecule has 0 spiro atoms. The highest BCUT2D eigenvalue weighted by molar-refractivity contribution is 5.27. The summed E-state index contributed by atoms with van der Waals surface area (Å²) in [5.41, 5.74) is 0.998. The van der Waals surface area contributed by atoms with Crippen LogP contribution in [0.15, 0.2) is 24.3 Å². The Balaban J connectivity index is 2.32. The zero-order valence-electron chi connectivity index (χ0n) is 10.3. The minimum Gasteiger partial charge on any atom is -0.492 e. The van der Waals surface area contributed by atoms with Crippen LogP contribution in [-0.2, 0) is 6.61 Å². The first-order chi connectivity index (χ1) is 7.51. The fraction of sp³-hybridized carbons (Fsp3) is 0.538. The number of rotatable bonds is 5. The molecule has 0 unspecified atom stereocenters. The highest BCUT2D eigenvalue weighted by Gasteiger charge is 2.07. The van der Waals surface area contributed by atoms with E-state index < -0.39 is 0 Å². The Morgan fingerprint density at radius 2 is 2.06 bits per heavy atom. The molecule has 1 aromatic rings. The van der Waals surface area contributed by atoms with Crippen molar-refractivity contribution in [2.75, 3.05) is 13.2 Å². The molecule has 0 bridgehead atoms. The summed E-state index contributed by atoms with van der Waals surface area (Å²) < 4.78 is 5.57. The summed E-state index contributed by atoms with van der Waals surface area (Å²) in [5, 5.41) is 12.3. The number of aliphatic hydroxyl groups excluding tert-OH is 1. The second-order valence-electron chi connectivity index (χ2n) is 4.83. The number of aliphatic hydroxyl groups is 1. The molecule has 2 N–H and O–H groups in total. The SMILES string of the molecule is CC(C)(C)NCCOc1cccc(CO)c1. The van der Waals surface area contributed by atoms with E-state index in [1.807, 2.05) is 24.3 Å². The van der Waals surface area contributed by atoms with Gasteiger partial charge in [-0.15, -0.1) is 0 Å². The smallest absolute Gasteiger partial charge is 0.119 e. The quantitative estimate of drug-likeness (QED) is 0.750. The van der Waals surface area contributed by atoms with Crippen molar-refractivity contribution in [3.8, 4) is 5.75 Å². The van der Waals surface area contributed by atoms with Gasteiger partial charge in [-0.1, -0.05) is 12.1 Å². The van der Waals surface area contributed by atoms with Crippen LogP contribution in [0.4, 0.5) is 0 Å². The largest absolute Gasteiger partial charge is 0.492 e. The summed E-state index contributed by atoms with van der Waals surface area (Å²) in [6.07, 6.45) is 0. The van der Waals surface area contributed by atoms with Gasteiger partial charge in [0, 0.05) is 12.1 Å². The van der Waals surface area contributed by atoms with Gasteiger partial charge in [0.1, 0.15) is 12.4 Å². The molecule has 0 aromatic heterocycles. The maximum absolute atomic E-state index is 8.97. The molecular weight excluding hydrogens is 202 g/mol. The van der Waals surface area contributed by atoms with Crippen LogP contribution >= 0.6 is 0 Å². The van der Waals surface area contributed by atoms with E-state index in [-0.39, 0.29) is 12.1 Å². The van der Waals surface area contributed by atoms with E-state index in [1.165, 1.54) is 0 Å². The molecule has 0 saturated heterocycles. The number of hydrogen-bond acceptors (Lipinski definition) is 3. The van der Waals surface area contributed by atoms with Crippen molar-refractivity contribution in [2.24, 2.45) is 0 Å². The van der Waals surface area contributed by atoms with Crippen LogP contribution < -0.4 is 10.1 Å². The third-order valence-corrected chi connectivity index (χ3v) is 2.11. The first kappa shape index (κ1) is 13.0. The predicted molar refractivity (Wildman–Crippen MR) is 65.6 cm³/mol. The van der Waals surface area contributed by atoms with E-state index in [2.05, 4.69) is 26.1 Å². The number of nitrogens with one attached hydrogen (secondary N) is 1. The van der Waals surface area contributed by atoms with E-state index in [1.54, 1.807) is 0 Å². The first-order valence-corrected chi connectivity index (χ1v) is 5.59. The van der Waals surface area contributed by atoms with Crippen LogP contribution in [-0.4, -0.2) is 23.8 Å². The van der Waals surface area contributed by atoms with Crippen LogP contribution in [0, 0.1) is 0 Å². The number of hydrogen-bond donors (Lipinski definition) is 2. The monoisotopic (exact) mass is 223 g/mol. The fourth-order valence-corrected chi connectivity index (χ4v) is 1.33. The van der Waals surface area contributed by atoms with Gasteiger partial charge in [0.25, 0.3) is 0 Å². The molecule has 0 aliphatic heterocycles. The van der Waals surface area contributed by atoms with Crippen LogP contribution in [0.2, 0.25) is 0 Å². The summed E-state index contributed by atoms with van der Waals surface area (Å²) in [6, 6.07) is 7.52. The third kappa shape index (κ3) is 5.14. The summed E-state index contributed by atoms with van der Waals surface area (Å²) in [5.74, 6) is 0.808. The lowest BCUT2D eigenvalue weighted by Gasteiger charge is -2.20. The second-order valence-corrected chi connectivity index (χ2v) is 4.83. The average Bonchev–Trinajstić information content (AvgIpc) is 2.23. The minimum absolute atomic E-state index is 0.0530. The number of benzene rings is 1. The van der Waals surface area contributed by atoms with Gasteiger partial charge in [0.15, 0.2) is 0 Å². The van der Waals surface area contributed by atoms with Crippen molar-refractivity contribution in [1.29, 1.82) is 0 Å². The molecule has 0 aliphatic rings. The van der Waals surface area contributed by atoms with Gasteiger partial charge < -0.3 is 15.2 Å². The lowest BCUT2D eigenvalue weighted by atomic mass is 10.1. The normalized spacial score (nSPS) is 11.5. The predicted octanol–water partition coefficient (Wildman–Crippen LogP) is 1.95. The Kier molecular flexibility index (Phi) is 4.77. The minimum atomic E-state index is 0.0530. The zero-order valence-corrected chi connectivity index (χ0v) is 10.3. The Hall–Kier alpha value is -1.06. The first-order valence-electron chi connectivity index (χ1n) is 5.59. The summed E-state index contributed by atoms with van der Waals surface area (Å²) in [7, 11) is 0. The van der Waals surface area contributed by atoms with Crippen molar-refractivity contribution in [2.45, 2.75) is 32.9 Å². The standard InChI is InChI=1S/C13H21NO2/c1-13(2,3)14-7-8-16-12-6-4-5-11(9-12)10-15/h4-6,9,14-15H,7-8,10H2,1-3H3. The Morgan fingerprint density at radius 1 is 1.31 bits per heavy atom. The van der Waals surface area contributed by atoms with Crippen molar-refractivity contribution in [1.82, 2.24) is 5.32 Å². The van der Waals surface area contributed by atoms with Gasteiger partial charge in [-0.05, 0) is 38.5 Å². The van der Waals surface area contributed by atoms with Crippen molar-refractivity contribution in [3.05, 3.63) is 29.8 Å². The van der Waals surface area contributed by atoms with Gasteiger partial charge in [-0.3, -0.25) is 0 Å². The number of ether oxygens (including phenoxy) is 1.